The zero-order chi connectivity index (χ0) is 13.4. The number of benzene rings is 1. The normalized spacial score (nSPS) is 12.6. The molecule has 1 unspecified atom stereocenters. The van der Waals surface area contributed by atoms with Gasteiger partial charge in [0.25, 0.3) is 0 Å². The van der Waals surface area contributed by atoms with Crippen LogP contribution in [0.5, 0.6) is 0 Å². The Morgan fingerprint density at radius 2 is 2.22 bits per heavy atom. The second kappa shape index (κ2) is 8.31. The average Bonchev–Trinajstić information content (AvgIpc) is 2.36. The molecule has 102 valence electrons. The van der Waals surface area contributed by atoms with Crippen LogP contribution in [0.1, 0.15) is 0 Å². The molecule has 0 aromatic heterocycles. The Hall–Kier alpha value is -0.820. The summed E-state index contributed by atoms with van der Waals surface area (Å²) in [6.07, 6.45) is -0.590. The van der Waals surface area contributed by atoms with Crippen LogP contribution >= 0.6 is 11.8 Å². The lowest BCUT2D eigenvalue weighted by Crippen LogP contribution is -2.19. The Balaban J connectivity index is 2.24. The summed E-state index contributed by atoms with van der Waals surface area (Å²) < 4.78 is 23.1. The van der Waals surface area contributed by atoms with Crippen molar-refractivity contribution in [3.8, 4) is 0 Å². The van der Waals surface area contributed by atoms with E-state index in [-0.39, 0.29) is 12.3 Å². The first-order valence-corrected chi connectivity index (χ1v) is 6.54. The average molecular weight is 275 g/mol. The van der Waals surface area contributed by atoms with Crippen LogP contribution in [0.15, 0.2) is 23.1 Å². The molecule has 1 atom stereocenters. The van der Waals surface area contributed by atoms with Crippen molar-refractivity contribution in [3.05, 3.63) is 24.0 Å². The van der Waals surface area contributed by atoms with E-state index in [1.807, 2.05) is 0 Å². The maximum absolute atomic E-state index is 13.2. The number of rotatable bonds is 8. The molecule has 4 nitrogen and oxygen atoms in total. The van der Waals surface area contributed by atoms with Gasteiger partial charge in [0, 0.05) is 17.8 Å². The largest absolute Gasteiger partial charge is 0.396 e. The number of thioether (sulfide) groups is 1. The predicted octanol–water partition coefficient (Wildman–Crippen LogP) is 1.52. The Labute approximate surface area is 110 Å². The molecule has 0 saturated heterocycles. The lowest BCUT2D eigenvalue weighted by molar-refractivity contribution is 0.0218. The topological polar surface area (TPSA) is 64.7 Å². The van der Waals surface area contributed by atoms with Gasteiger partial charge in [-0.05, 0) is 18.2 Å². The molecule has 1 aromatic carbocycles. The smallest absolute Gasteiger partial charge is 0.147 e. The van der Waals surface area contributed by atoms with Crippen LogP contribution in [0.4, 0.5) is 10.1 Å². The predicted molar refractivity (Wildman–Crippen MR) is 70.2 cm³/mol. The second-order valence-electron chi connectivity index (χ2n) is 3.72. The van der Waals surface area contributed by atoms with E-state index in [1.54, 1.807) is 13.2 Å². The van der Waals surface area contributed by atoms with Crippen molar-refractivity contribution in [1.29, 1.82) is 0 Å². The van der Waals surface area contributed by atoms with Crippen molar-refractivity contribution in [2.45, 2.75) is 11.0 Å². The van der Waals surface area contributed by atoms with Crippen molar-refractivity contribution in [2.24, 2.45) is 0 Å². The highest BCUT2D eigenvalue weighted by Gasteiger charge is 2.07. The standard InChI is InChI=1S/C12H18FNO3S/c1-16-4-5-17-7-9(15)8-18-10-2-3-12(14)11(13)6-10/h2-3,6,9,15H,4-5,7-8,14H2,1H3. The lowest BCUT2D eigenvalue weighted by atomic mass is 10.3. The number of anilines is 1. The van der Waals surface area contributed by atoms with E-state index in [2.05, 4.69) is 0 Å². The Morgan fingerprint density at radius 3 is 2.89 bits per heavy atom. The van der Waals surface area contributed by atoms with Gasteiger partial charge in [-0.25, -0.2) is 4.39 Å². The van der Waals surface area contributed by atoms with E-state index in [0.717, 1.165) is 4.90 Å². The summed E-state index contributed by atoms with van der Waals surface area (Å²) in [4.78, 5) is 0.734. The Bertz CT molecular complexity index is 365. The number of hydrogen-bond acceptors (Lipinski definition) is 5. The van der Waals surface area contributed by atoms with E-state index in [4.69, 9.17) is 15.2 Å². The molecule has 0 amide bonds. The van der Waals surface area contributed by atoms with E-state index in [9.17, 15) is 9.50 Å². The van der Waals surface area contributed by atoms with Gasteiger partial charge in [0.2, 0.25) is 0 Å². The molecule has 0 fully saturated rings. The maximum atomic E-state index is 13.2. The minimum absolute atomic E-state index is 0.128. The highest BCUT2D eigenvalue weighted by atomic mass is 32.2. The van der Waals surface area contributed by atoms with Crippen LogP contribution in [0, 0.1) is 5.82 Å². The SMILES string of the molecule is COCCOCC(O)CSc1ccc(N)c(F)c1. The molecule has 0 aliphatic carbocycles. The van der Waals surface area contributed by atoms with Crippen LogP contribution in [0.2, 0.25) is 0 Å². The molecule has 1 rings (SSSR count). The van der Waals surface area contributed by atoms with Crippen molar-refractivity contribution in [2.75, 3.05) is 38.4 Å². The highest BCUT2D eigenvalue weighted by Crippen LogP contribution is 2.22. The summed E-state index contributed by atoms with van der Waals surface area (Å²) in [5.74, 6) is 0.00177. The van der Waals surface area contributed by atoms with Gasteiger partial charge in [0.1, 0.15) is 5.82 Å². The summed E-state index contributed by atoms with van der Waals surface area (Å²) in [6.45, 7) is 1.20. The molecular formula is C12H18FNO3S. The van der Waals surface area contributed by atoms with Gasteiger partial charge < -0.3 is 20.3 Å². The van der Waals surface area contributed by atoms with Crippen LogP contribution in [-0.4, -0.2) is 43.9 Å². The van der Waals surface area contributed by atoms with Crippen LogP contribution < -0.4 is 5.73 Å². The summed E-state index contributed by atoms with van der Waals surface area (Å²) in [7, 11) is 1.59. The highest BCUT2D eigenvalue weighted by molar-refractivity contribution is 7.99. The van der Waals surface area contributed by atoms with E-state index in [1.165, 1.54) is 23.9 Å². The monoisotopic (exact) mass is 275 g/mol. The molecule has 6 heteroatoms. The van der Waals surface area contributed by atoms with Gasteiger partial charge in [-0.1, -0.05) is 0 Å². The first-order chi connectivity index (χ1) is 8.63. The molecule has 0 radical (unpaired) electrons. The summed E-state index contributed by atoms with van der Waals surface area (Å²) in [6, 6.07) is 4.60. The van der Waals surface area contributed by atoms with Crippen LogP contribution in [0.3, 0.4) is 0 Å². The molecule has 1 aromatic rings. The van der Waals surface area contributed by atoms with Gasteiger partial charge in [0.05, 0.1) is 31.6 Å². The summed E-state index contributed by atoms with van der Waals surface area (Å²) in [5, 5.41) is 9.63. The number of hydrogen-bond donors (Lipinski definition) is 2. The number of aliphatic hydroxyl groups is 1. The van der Waals surface area contributed by atoms with E-state index >= 15 is 0 Å². The van der Waals surface area contributed by atoms with Crippen LogP contribution in [-0.2, 0) is 9.47 Å². The molecule has 18 heavy (non-hydrogen) atoms. The fourth-order valence-electron chi connectivity index (χ4n) is 1.20. The van der Waals surface area contributed by atoms with Crippen molar-refractivity contribution in [3.63, 3.8) is 0 Å². The maximum Gasteiger partial charge on any atom is 0.147 e. The Kier molecular flexibility index (Phi) is 7.04. The van der Waals surface area contributed by atoms with E-state index < -0.39 is 11.9 Å². The van der Waals surface area contributed by atoms with Crippen molar-refractivity contribution >= 4 is 17.4 Å². The third kappa shape index (κ3) is 5.68. The minimum Gasteiger partial charge on any atom is -0.396 e. The molecule has 0 spiro atoms. The van der Waals surface area contributed by atoms with Gasteiger partial charge in [-0.3, -0.25) is 0 Å². The molecule has 0 aliphatic heterocycles. The van der Waals surface area contributed by atoms with E-state index in [0.29, 0.717) is 19.0 Å². The fraction of sp³-hybridized carbons (Fsp3) is 0.500. The minimum atomic E-state index is -0.590. The molecule has 0 bridgehead atoms. The van der Waals surface area contributed by atoms with Gasteiger partial charge >= 0.3 is 0 Å². The van der Waals surface area contributed by atoms with Gasteiger partial charge in [-0.2, -0.15) is 0 Å². The van der Waals surface area contributed by atoms with Crippen molar-refractivity contribution in [1.82, 2.24) is 0 Å². The quantitative estimate of drug-likeness (QED) is 0.428. The second-order valence-corrected chi connectivity index (χ2v) is 4.81. The van der Waals surface area contributed by atoms with Gasteiger partial charge in [-0.15, -0.1) is 11.8 Å². The zero-order valence-electron chi connectivity index (χ0n) is 10.3. The fourth-order valence-corrected chi connectivity index (χ4v) is 2.03. The first-order valence-electron chi connectivity index (χ1n) is 5.56. The molecular weight excluding hydrogens is 257 g/mol. The number of aliphatic hydroxyl groups excluding tert-OH is 1. The molecule has 0 aliphatic rings. The van der Waals surface area contributed by atoms with Gasteiger partial charge in [0.15, 0.2) is 0 Å². The summed E-state index contributed by atoms with van der Waals surface area (Å²) in [5.41, 5.74) is 5.50. The number of halogens is 1. The number of ether oxygens (including phenoxy) is 2. The third-order valence-corrected chi connectivity index (χ3v) is 3.30. The number of nitrogen functional groups attached to an aromatic ring is 1. The zero-order valence-corrected chi connectivity index (χ0v) is 11.1. The summed E-state index contributed by atoms with van der Waals surface area (Å²) >= 11 is 1.36. The number of methoxy groups -OCH3 is 1. The molecule has 0 heterocycles. The molecule has 0 saturated carbocycles. The lowest BCUT2D eigenvalue weighted by Gasteiger charge is -2.11. The number of nitrogens with two attached hydrogens (primary N) is 1. The first kappa shape index (κ1) is 15.2. The Morgan fingerprint density at radius 1 is 1.44 bits per heavy atom. The third-order valence-electron chi connectivity index (χ3n) is 2.16. The van der Waals surface area contributed by atoms with Crippen LogP contribution in [0.25, 0.3) is 0 Å². The molecule has 3 N–H and O–H groups in total. The van der Waals surface area contributed by atoms with Crippen molar-refractivity contribution < 1.29 is 19.0 Å².